The molecule has 1 atom stereocenters. The second-order valence-corrected chi connectivity index (χ2v) is 4.59. The van der Waals surface area contributed by atoms with Gasteiger partial charge >= 0.3 is 0 Å². The summed E-state index contributed by atoms with van der Waals surface area (Å²) in [5, 5.41) is 14.1. The molecule has 0 saturated carbocycles. The molecule has 0 aromatic carbocycles. The summed E-state index contributed by atoms with van der Waals surface area (Å²) >= 11 is 5.75. The Kier molecular flexibility index (Phi) is 3.24. The SMILES string of the molecule is OC1(Cc2ccc(Cl)cn2)CCCNC1. The van der Waals surface area contributed by atoms with Gasteiger partial charge in [0.05, 0.1) is 10.6 Å². The first-order chi connectivity index (χ1) is 7.18. The van der Waals surface area contributed by atoms with Crippen LogP contribution in [0.25, 0.3) is 0 Å². The number of pyridine rings is 1. The van der Waals surface area contributed by atoms with E-state index in [1.54, 1.807) is 6.20 Å². The summed E-state index contributed by atoms with van der Waals surface area (Å²) in [5.74, 6) is 0. The molecule has 0 radical (unpaired) electrons. The molecule has 2 N–H and O–H groups in total. The van der Waals surface area contributed by atoms with Gasteiger partial charge in [-0.25, -0.2) is 0 Å². The second-order valence-electron chi connectivity index (χ2n) is 4.15. The largest absolute Gasteiger partial charge is 0.388 e. The molecule has 1 fully saturated rings. The molecule has 0 amide bonds. The van der Waals surface area contributed by atoms with Gasteiger partial charge in [-0.3, -0.25) is 4.98 Å². The summed E-state index contributed by atoms with van der Waals surface area (Å²) in [5.41, 5.74) is 0.254. The fourth-order valence-corrected chi connectivity index (χ4v) is 2.06. The van der Waals surface area contributed by atoms with Crippen molar-refractivity contribution in [3.63, 3.8) is 0 Å². The van der Waals surface area contributed by atoms with Crippen molar-refractivity contribution in [2.45, 2.75) is 24.9 Å². The zero-order valence-corrected chi connectivity index (χ0v) is 9.30. The van der Waals surface area contributed by atoms with Gasteiger partial charge in [-0.05, 0) is 31.5 Å². The van der Waals surface area contributed by atoms with Gasteiger partial charge in [0.2, 0.25) is 0 Å². The fraction of sp³-hybridized carbons (Fsp3) is 0.545. The molecular weight excluding hydrogens is 212 g/mol. The summed E-state index contributed by atoms with van der Waals surface area (Å²) in [6, 6.07) is 3.68. The summed E-state index contributed by atoms with van der Waals surface area (Å²) < 4.78 is 0. The van der Waals surface area contributed by atoms with E-state index in [0.717, 1.165) is 25.1 Å². The lowest BCUT2D eigenvalue weighted by molar-refractivity contribution is 0.0161. The third kappa shape index (κ3) is 2.91. The number of piperidine rings is 1. The van der Waals surface area contributed by atoms with Crippen LogP contribution in [0.4, 0.5) is 0 Å². The van der Waals surface area contributed by atoms with Crippen LogP contribution >= 0.6 is 11.6 Å². The molecule has 2 heterocycles. The van der Waals surface area contributed by atoms with E-state index in [2.05, 4.69) is 10.3 Å². The smallest absolute Gasteiger partial charge is 0.0827 e. The third-order valence-electron chi connectivity index (χ3n) is 2.75. The highest BCUT2D eigenvalue weighted by Gasteiger charge is 2.29. The number of hydrogen-bond acceptors (Lipinski definition) is 3. The van der Waals surface area contributed by atoms with E-state index in [0.29, 0.717) is 18.0 Å². The maximum Gasteiger partial charge on any atom is 0.0827 e. The molecule has 4 heteroatoms. The van der Waals surface area contributed by atoms with Gasteiger partial charge in [-0.2, -0.15) is 0 Å². The fourth-order valence-electron chi connectivity index (χ4n) is 1.95. The molecule has 15 heavy (non-hydrogen) atoms. The van der Waals surface area contributed by atoms with Crippen LogP contribution < -0.4 is 5.32 Å². The van der Waals surface area contributed by atoms with Crippen LogP contribution in [0, 0.1) is 0 Å². The molecule has 82 valence electrons. The third-order valence-corrected chi connectivity index (χ3v) is 2.97. The quantitative estimate of drug-likeness (QED) is 0.801. The summed E-state index contributed by atoms with van der Waals surface area (Å²) in [7, 11) is 0. The van der Waals surface area contributed by atoms with E-state index in [-0.39, 0.29) is 0 Å². The summed E-state index contributed by atoms with van der Waals surface area (Å²) in [6.45, 7) is 1.65. The van der Waals surface area contributed by atoms with E-state index in [1.165, 1.54) is 0 Å². The van der Waals surface area contributed by atoms with Crippen molar-refractivity contribution in [3.05, 3.63) is 29.0 Å². The van der Waals surface area contributed by atoms with Crippen LogP contribution in [0.1, 0.15) is 18.5 Å². The van der Waals surface area contributed by atoms with E-state index in [1.807, 2.05) is 12.1 Å². The minimum Gasteiger partial charge on any atom is -0.388 e. The van der Waals surface area contributed by atoms with Crippen LogP contribution in [-0.4, -0.2) is 28.8 Å². The number of halogens is 1. The first-order valence-corrected chi connectivity index (χ1v) is 5.59. The Labute approximate surface area is 94.5 Å². The molecular formula is C11H15ClN2O. The van der Waals surface area contributed by atoms with Gasteiger partial charge < -0.3 is 10.4 Å². The predicted octanol–water partition coefficient (Wildman–Crippen LogP) is 1.39. The van der Waals surface area contributed by atoms with Crippen molar-refractivity contribution in [3.8, 4) is 0 Å². The van der Waals surface area contributed by atoms with E-state index >= 15 is 0 Å². The zero-order valence-electron chi connectivity index (χ0n) is 8.54. The van der Waals surface area contributed by atoms with Crippen molar-refractivity contribution >= 4 is 11.6 Å². The average molecular weight is 227 g/mol. The van der Waals surface area contributed by atoms with Crippen LogP contribution in [0.15, 0.2) is 18.3 Å². The van der Waals surface area contributed by atoms with Crippen molar-refractivity contribution < 1.29 is 5.11 Å². The van der Waals surface area contributed by atoms with E-state index in [9.17, 15) is 5.11 Å². The van der Waals surface area contributed by atoms with Gasteiger partial charge in [0.15, 0.2) is 0 Å². The Bertz CT molecular complexity index is 320. The minimum atomic E-state index is -0.640. The van der Waals surface area contributed by atoms with Gasteiger partial charge in [0, 0.05) is 24.9 Å². The minimum absolute atomic E-state index is 0.594. The lowest BCUT2D eigenvalue weighted by atomic mass is 9.89. The maximum absolute atomic E-state index is 10.3. The highest BCUT2D eigenvalue weighted by molar-refractivity contribution is 6.30. The molecule has 0 aliphatic carbocycles. The number of nitrogens with zero attached hydrogens (tertiary/aromatic N) is 1. The first-order valence-electron chi connectivity index (χ1n) is 5.22. The highest BCUT2D eigenvalue weighted by Crippen LogP contribution is 2.20. The van der Waals surface area contributed by atoms with Crippen molar-refractivity contribution in [1.82, 2.24) is 10.3 Å². The lowest BCUT2D eigenvalue weighted by Gasteiger charge is -2.32. The zero-order chi connectivity index (χ0) is 10.7. The summed E-state index contributed by atoms with van der Waals surface area (Å²) in [4.78, 5) is 4.20. The number of nitrogens with one attached hydrogen (secondary N) is 1. The molecule has 2 rings (SSSR count). The molecule has 0 spiro atoms. The van der Waals surface area contributed by atoms with Gasteiger partial charge in [0.1, 0.15) is 0 Å². The van der Waals surface area contributed by atoms with Crippen molar-refractivity contribution in [2.24, 2.45) is 0 Å². The maximum atomic E-state index is 10.3. The highest BCUT2D eigenvalue weighted by atomic mass is 35.5. The van der Waals surface area contributed by atoms with Crippen LogP contribution in [0.5, 0.6) is 0 Å². The monoisotopic (exact) mass is 226 g/mol. The van der Waals surface area contributed by atoms with E-state index in [4.69, 9.17) is 11.6 Å². The van der Waals surface area contributed by atoms with Crippen LogP contribution in [0.2, 0.25) is 5.02 Å². The van der Waals surface area contributed by atoms with Crippen molar-refractivity contribution in [1.29, 1.82) is 0 Å². The standard InChI is InChI=1S/C11H15ClN2O/c12-9-2-3-10(14-7-9)6-11(15)4-1-5-13-8-11/h2-3,7,13,15H,1,4-6,8H2. The number of β-amino-alcohol motifs (C(OH)–C–C–N with tert-alkyl or cyclic N) is 1. The van der Waals surface area contributed by atoms with Crippen LogP contribution in [0.3, 0.4) is 0 Å². The topological polar surface area (TPSA) is 45.2 Å². The Morgan fingerprint density at radius 2 is 2.40 bits per heavy atom. The molecule has 3 nitrogen and oxygen atoms in total. The van der Waals surface area contributed by atoms with Crippen LogP contribution in [-0.2, 0) is 6.42 Å². The van der Waals surface area contributed by atoms with Gasteiger partial charge in [-0.15, -0.1) is 0 Å². The number of hydrogen-bond donors (Lipinski definition) is 2. The van der Waals surface area contributed by atoms with E-state index < -0.39 is 5.60 Å². The molecule has 1 aliphatic rings. The molecule has 1 aromatic heterocycles. The number of rotatable bonds is 2. The molecule has 1 aliphatic heterocycles. The van der Waals surface area contributed by atoms with Gasteiger partial charge in [-0.1, -0.05) is 11.6 Å². The van der Waals surface area contributed by atoms with Crippen molar-refractivity contribution in [2.75, 3.05) is 13.1 Å². The average Bonchev–Trinajstić information content (AvgIpc) is 2.22. The number of aliphatic hydroxyl groups is 1. The molecule has 1 unspecified atom stereocenters. The Hall–Kier alpha value is -0.640. The Morgan fingerprint density at radius 3 is 3.00 bits per heavy atom. The first kappa shape index (κ1) is 10.9. The number of aromatic nitrogens is 1. The molecule has 0 bridgehead atoms. The van der Waals surface area contributed by atoms with Gasteiger partial charge in [0.25, 0.3) is 0 Å². The second kappa shape index (κ2) is 4.47. The Balaban J connectivity index is 2.03. The predicted molar refractivity (Wildman–Crippen MR) is 60.0 cm³/mol. The normalized spacial score (nSPS) is 26.5. The molecule has 1 aromatic rings. The summed E-state index contributed by atoms with van der Waals surface area (Å²) in [6.07, 6.45) is 4.07. The lowest BCUT2D eigenvalue weighted by Crippen LogP contribution is -2.47. The Morgan fingerprint density at radius 1 is 1.53 bits per heavy atom. The molecule has 1 saturated heterocycles.